The Kier molecular flexibility index (Phi) is 3.88. The SMILES string of the molecule is O=C(O)C(=O)/C=C/c1cccc(C(F)F)c1. The fourth-order valence-corrected chi connectivity index (χ4v) is 1.04. The number of hydrogen-bond acceptors (Lipinski definition) is 2. The lowest BCUT2D eigenvalue weighted by Gasteiger charge is -1.99. The van der Waals surface area contributed by atoms with E-state index in [1.54, 1.807) is 0 Å². The topological polar surface area (TPSA) is 54.4 Å². The van der Waals surface area contributed by atoms with Gasteiger partial charge in [0, 0.05) is 5.56 Å². The lowest BCUT2D eigenvalue weighted by Crippen LogP contribution is -2.08. The number of carbonyl (C=O) groups excluding carboxylic acids is 1. The van der Waals surface area contributed by atoms with Gasteiger partial charge >= 0.3 is 5.97 Å². The number of carboxylic acid groups (broad SMARTS) is 1. The first kappa shape index (κ1) is 12.0. The Hall–Kier alpha value is -2.04. The minimum absolute atomic E-state index is 0.176. The first-order chi connectivity index (χ1) is 7.50. The van der Waals surface area contributed by atoms with Crippen LogP contribution in [0.4, 0.5) is 8.78 Å². The number of benzene rings is 1. The highest BCUT2D eigenvalue weighted by Crippen LogP contribution is 2.19. The monoisotopic (exact) mass is 226 g/mol. The van der Waals surface area contributed by atoms with Crippen molar-refractivity contribution in [2.75, 3.05) is 0 Å². The van der Waals surface area contributed by atoms with Gasteiger partial charge in [-0.05, 0) is 17.7 Å². The molecule has 0 unspecified atom stereocenters. The number of aliphatic carboxylic acids is 1. The molecule has 1 N–H and O–H groups in total. The molecule has 0 amide bonds. The van der Waals surface area contributed by atoms with Crippen molar-refractivity contribution in [3.8, 4) is 0 Å². The molecule has 0 saturated heterocycles. The summed E-state index contributed by atoms with van der Waals surface area (Å²) in [6, 6.07) is 5.35. The maximum Gasteiger partial charge on any atom is 0.376 e. The van der Waals surface area contributed by atoms with Gasteiger partial charge in [0.25, 0.3) is 12.2 Å². The number of alkyl halides is 2. The lowest BCUT2D eigenvalue weighted by molar-refractivity contribution is -0.146. The van der Waals surface area contributed by atoms with Gasteiger partial charge < -0.3 is 5.11 Å². The predicted octanol–water partition coefficient (Wildman–Crippen LogP) is 2.29. The van der Waals surface area contributed by atoms with Crippen molar-refractivity contribution in [3.63, 3.8) is 0 Å². The molecular weight excluding hydrogens is 218 g/mol. The van der Waals surface area contributed by atoms with Gasteiger partial charge in [0.15, 0.2) is 0 Å². The smallest absolute Gasteiger partial charge is 0.376 e. The second-order valence-electron chi connectivity index (χ2n) is 2.97. The Labute approximate surface area is 90.0 Å². The quantitative estimate of drug-likeness (QED) is 0.633. The maximum absolute atomic E-state index is 12.3. The van der Waals surface area contributed by atoms with Crippen molar-refractivity contribution in [3.05, 3.63) is 41.5 Å². The summed E-state index contributed by atoms with van der Waals surface area (Å²) in [5.41, 5.74) is 0.178. The minimum Gasteiger partial charge on any atom is -0.475 e. The van der Waals surface area contributed by atoms with Crippen molar-refractivity contribution >= 4 is 17.8 Å². The van der Waals surface area contributed by atoms with E-state index in [1.807, 2.05) is 0 Å². The molecule has 0 spiro atoms. The molecular formula is C11H8F2O3. The number of halogens is 2. The molecule has 1 rings (SSSR count). The Balaban J connectivity index is 2.86. The summed E-state index contributed by atoms with van der Waals surface area (Å²) in [5, 5.41) is 8.28. The van der Waals surface area contributed by atoms with E-state index in [4.69, 9.17) is 5.11 Å². The highest BCUT2D eigenvalue weighted by atomic mass is 19.3. The van der Waals surface area contributed by atoms with Gasteiger partial charge in [-0.25, -0.2) is 13.6 Å². The average Bonchev–Trinajstić information content (AvgIpc) is 2.26. The van der Waals surface area contributed by atoms with Crippen molar-refractivity contribution in [2.45, 2.75) is 6.43 Å². The second kappa shape index (κ2) is 5.16. The summed E-state index contributed by atoms with van der Waals surface area (Å²) in [6.45, 7) is 0. The molecule has 16 heavy (non-hydrogen) atoms. The van der Waals surface area contributed by atoms with Crippen LogP contribution in [0.5, 0.6) is 0 Å². The molecule has 0 aliphatic heterocycles. The average molecular weight is 226 g/mol. The molecule has 0 aliphatic carbocycles. The second-order valence-corrected chi connectivity index (χ2v) is 2.97. The summed E-state index contributed by atoms with van der Waals surface area (Å²) in [5.74, 6) is -2.68. The standard InChI is InChI=1S/C11H8F2O3/c12-10(13)8-3-1-2-7(6-8)4-5-9(14)11(15)16/h1-6,10H,(H,15,16)/b5-4+. The molecule has 0 fully saturated rings. The van der Waals surface area contributed by atoms with Gasteiger partial charge in [0.2, 0.25) is 0 Å². The fraction of sp³-hybridized carbons (Fsp3) is 0.0909. The first-order valence-corrected chi connectivity index (χ1v) is 4.34. The number of hydrogen-bond donors (Lipinski definition) is 1. The molecule has 84 valence electrons. The van der Waals surface area contributed by atoms with E-state index < -0.39 is 18.2 Å². The van der Waals surface area contributed by atoms with Crippen molar-refractivity contribution in [2.24, 2.45) is 0 Å². The van der Waals surface area contributed by atoms with Gasteiger partial charge in [-0.3, -0.25) is 4.79 Å². The van der Waals surface area contributed by atoms with Crippen LogP contribution < -0.4 is 0 Å². The number of carbonyl (C=O) groups is 2. The summed E-state index contributed by atoms with van der Waals surface area (Å²) < 4.78 is 24.6. The molecule has 3 nitrogen and oxygen atoms in total. The van der Waals surface area contributed by atoms with Crippen molar-refractivity contribution < 1.29 is 23.5 Å². The fourth-order valence-electron chi connectivity index (χ4n) is 1.04. The van der Waals surface area contributed by atoms with E-state index in [0.29, 0.717) is 5.56 Å². The number of carboxylic acids is 1. The number of ketones is 1. The van der Waals surface area contributed by atoms with Crippen LogP contribution in [0.15, 0.2) is 30.3 Å². The zero-order chi connectivity index (χ0) is 12.1. The van der Waals surface area contributed by atoms with Crippen LogP contribution in [0.3, 0.4) is 0 Å². The predicted molar refractivity (Wildman–Crippen MR) is 53.1 cm³/mol. The molecule has 0 aromatic heterocycles. The van der Waals surface area contributed by atoms with Gasteiger partial charge in [-0.2, -0.15) is 0 Å². The molecule has 0 saturated carbocycles. The zero-order valence-corrected chi connectivity index (χ0v) is 8.06. The molecule has 5 heteroatoms. The molecule has 0 aliphatic rings. The van der Waals surface area contributed by atoms with E-state index in [2.05, 4.69) is 0 Å². The molecule has 0 bridgehead atoms. The van der Waals surface area contributed by atoms with Crippen LogP contribution >= 0.6 is 0 Å². The third-order valence-electron chi connectivity index (χ3n) is 1.80. The van der Waals surface area contributed by atoms with Crippen LogP contribution in [0, 0.1) is 0 Å². The first-order valence-electron chi connectivity index (χ1n) is 4.34. The highest BCUT2D eigenvalue weighted by Gasteiger charge is 2.07. The molecule has 0 radical (unpaired) electrons. The minimum atomic E-state index is -2.59. The Morgan fingerprint density at radius 1 is 1.31 bits per heavy atom. The Bertz CT molecular complexity index is 439. The number of rotatable bonds is 4. The largest absolute Gasteiger partial charge is 0.475 e. The normalized spacial score (nSPS) is 10.9. The molecule has 0 heterocycles. The highest BCUT2D eigenvalue weighted by molar-refractivity contribution is 6.38. The van der Waals surface area contributed by atoms with E-state index in [-0.39, 0.29) is 5.56 Å². The summed E-state index contributed by atoms with van der Waals surface area (Å²) in [7, 11) is 0. The van der Waals surface area contributed by atoms with Crippen LogP contribution in [0.25, 0.3) is 6.08 Å². The Morgan fingerprint density at radius 3 is 2.56 bits per heavy atom. The lowest BCUT2D eigenvalue weighted by atomic mass is 10.1. The third kappa shape index (κ3) is 3.27. The van der Waals surface area contributed by atoms with Gasteiger partial charge in [-0.1, -0.05) is 24.3 Å². The van der Waals surface area contributed by atoms with Gasteiger partial charge in [-0.15, -0.1) is 0 Å². The summed E-state index contributed by atoms with van der Waals surface area (Å²) >= 11 is 0. The molecule has 0 atom stereocenters. The van der Waals surface area contributed by atoms with Crippen LogP contribution in [-0.4, -0.2) is 16.9 Å². The van der Waals surface area contributed by atoms with E-state index in [0.717, 1.165) is 6.08 Å². The van der Waals surface area contributed by atoms with Gasteiger partial charge in [0.1, 0.15) is 0 Å². The van der Waals surface area contributed by atoms with Crippen molar-refractivity contribution in [1.82, 2.24) is 0 Å². The molecule has 1 aromatic carbocycles. The van der Waals surface area contributed by atoms with Crippen LogP contribution in [-0.2, 0) is 9.59 Å². The van der Waals surface area contributed by atoms with Crippen LogP contribution in [0.1, 0.15) is 17.6 Å². The zero-order valence-electron chi connectivity index (χ0n) is 8.06. The Morgan fingerprint density at radius 2 is 2.00 bits per heavy atom. The maximum atomic E-state index is 12.3. The van der Waals surface area contributed by atoms with Crippen molar-refractivity contribution in [1.29, 1.82) is 0 Å². The van der Waals surface area contributed by atoms with Gasteiger partial charge in [0.05, 0.1) is 0 Å². The third-order valence-corrected chi connectivity index (χ3v) is 1.80. The summed E-state index contributed by atoms with van der Waals surface area (Å²) in [6.07, 6.45) is -0.585. The van der Waals surface area contributed by atoms with E-state index in [9.17, 15) is 18.4 Å². The van der Waals surface area contributed by atoms with E-state index >= 15 is 0 Å². The van der Waals surface area contributed by atoms with Crippen LogP contribution in [0.2, 0.25) is 0 Å². The van der Waals surface area contributed by atoms with E-state index in [1.165, 1.54) is 30.3 Å². The molecule has 1 aromatic rings. The summed E-state index contributed by atoms with van der Waals surface area (Å²) in [4.78, 5) is 20.9.